The summed E-state index contributed by atoms with van der Waals surface area (Å²) in [4.78, 5) is 14.8. The number of pyridine rings is 1. The van der Waals surface area contributed by atoms with Gasteiger partial charge in [-0.1, -0.05) is 23.8 Å². The van der Waals surface area contributed by atoms with E-state index in [1.807, 2.05) is 44.2 Å². The Bertz CT molecular complexity index is 1140. The second kappa shape index (κ2) is 7.53. The van der Waals surface area contributed by atoms with E-state index in [1.165, 1.54) is 11.3 Å². The molecule has 0 aliphatic heterocycles. The fraction of sp³-hybridized carbons (Fsp3) is 0.190. The molecule has 0 bridgehead atoms. The Hall–Kier alpha value is -3.03. The zero-order chi connectivity index (χ0) is 19.7. The van der Waals surface area contributed by atoms with Crippen LogP contribution in [0.5, 0.6) is 5.88 Å². The molecule has 4 rings (SSSR count). The number of nitrogen functional groups attached to an aromatic ring is 1. The monoisotopic (exact) mass is 392 g/mol. The number of anilines is 1. The van der Waals surface area contributed by atoms with Crippen molar-refractivity contribution in [2.75, 3.05) is 12.3 Å². The van der Waals surface area contributed by atoms with Crippen LogP contribution in [-0.4, -0.2) is 26.7 Å². The van der Waals surface area contributed by atoms with E-state index in [9.17, 15) is 5.11 Å². The summed E-state index contributed by atoms with van der Waals surface area (Å²) >= 11 is 1.39. The molecule has 28 heavy (non-hydrogen) atoms. The molecule has 3 aromatic heterocycles. The number of aliphatic hydroxyl groups is 1. The molecule has 7 heteroatoms. The lowest BCUT2D eigenvalue weighted by atomic mass is 10.1. The molecule has 142 valence electrons. The van der Waals surface area contributed by atoms with Crippen LogP contribution >= 0.6 is 11.3 Å². The van der Waals surface area contributed by atoms with Crippen molar-refractivity contribution in [2.45, 2.75) is 20.0 Å². The normalized spacial score (nSPS) is 12.2. The van der Waals surface area contributed by atoms with Crippen molar-refractivity contribution < 1.29 is 9.84 Å². The first-order valence-electron chi connectivity index (χ1n) is 8.96. The van der Waals surface area contributed by atoms with Gasteiger partial charge in [-0.05, 0) is 38.1 Å². The van der Waals surface area contributed by atoms with Crippen LogP contribution < -0.4 is 10.5 Å². The van der Waals surface area contributed by atoms with Crippen LogP contribution in [0.3, 0.4) is 0 Å². The van der Waals surface area contributed by atoms with E-state index in [0.29, 0.717) is 34.6 Å². The van der Waals surface area contributed by atoms with E-state index in [1.54, 1.807) is 18.3 Å². The lowest BCUT2D eigenvalue weighted by Crippen LogP contribution is -2.04. The molecule has 1 aromatic carbocycles. The Morgan fingerprint density at radius 1 is 1.18 bits per heavy atom. The fourth-order valence-corrected chi connectivity index (χ4v) is 4.08. The summed E-state index contributed by atoms with van der Waals surface area (Å²) in [6.07, 6.45) is 0.764. The largest absolute Gasteiger partial charge is 0.478 e. The molecule has 3 heterocycles. The molecule has 0 fully saturated rings. The molecule has 4 aromatic rings. The van der Waals surface area contributed by atoms with Gasteiger partial charge in [-0.25, -0.2) is 15.0 Å². The number of fused-ring (bicyclic) bond motifs is 1. The minimum atomic E-state index is -0.878. The van der Waals surface area contributed by atoms with Gasteiger partial charge in [0.15, 0.2) is 5.82 Å². The van der Waals surface area contributed by atoms with Gasteiger partial charge in [0.1, 0.15) is 16.8 Å². The summed E-state index contributed by atoms with van der Waals surface area (Å²) in [5.41, 5.74) is 8.85. The van der Waals surface area contributed by atoms with Gasteiger partial charge in [-0.15, -0.1) is 11.3 Å². The van der Waals surface area contributed by atoms with E-state index in [-0.39, 0.29) is 0 Å². The van der Waals surface area contributed by atoms with E-state index in [4.69, 9.17) is 10.5 Å². The molecule has 0 saturated carbocycles. The highest BCUT2D eigenvalue weighted by Gasteiger charge is 2.21. The summed E-state index contributed by atoms with van der Waals surface area (Å²) in [7, 11) is 0. The van der Waals surface area contributed by atoms with Crippen LogP contribution in [0.2, 0.25) is 0 Å². The number of aromatic nitrogens is 3. The Labute approximate surface area is 166 Å². The van der Waals surface area contributed by atoms with Gasteiger partial charge in [-0.3, -0.25) is 0 Å². The lowest BCUT2D eigenvalue weighted by molar-refractivity contribution is 0.213. The highest BCUT2D eigenvalue weighted by Crippen LogP contribution is 2.37. The third-order valence-corrected chi connectivity index (χ3v) is 5.44. The zero-order valence-corrected chi connectivity index (χ0v) is 16.4. The van der Waals surface area contributed by atoms with E-state index in [0.717, 1.165) is 21.3 Å². The first-order chi connectivity index (χ1) is 13.6. The van der Waals surface area contributed by atoms with E-state index < -0.39 is 6.10 Å². The Morgan fingerprint density at radius 2 is 2.04 bits per heavy atom. The molecule has 0 spiro atoms. The van der Waals surface area contributed by atoms with Gasteiger partial charge < -0.3 is 15.6 Å². The first-order valence-corrected chi connectivity index (χ1v) is 9.78. The van der Waals surface area contributed by atoms with Crippen molar-refractivity contribution in [1.82, 2.24) is 15.0 Å². The minimum absolute atomic E-state index is 0.396. The highest BCUT2D eigenvalue weighted by molar-refractivity contribution is 7.18. The standard InChI is InChI=1S/C21H20N4O2S/c1-3-27-20-14(8-5-9-23-20)17(26)16-11-15-18(22)24-19(25-21(15)28-16)13-7-4-6-12(2)10-13/h4-11,17,26H,3H2,1-2H3,(H2,22,24,25). The lowest BCUT2D eigenvalue weighted by Gasteiger charge is -2.12. The number of rotatable bonds is 5. The third-order valence-electron chi connectivity index (χ3n) is 4.36. The molecule has 1 atom stereocenters. The van der Waals surface area contributed by atoms with Crippen LogP contribution in [0.1, 0.15) is 29.0 Å². The first kappa shape index (κ1) is 18.3. The van der Waals surface area contributed by atoms with Crippen molar-refractivity contribution in [3.05, 3.63) is 64.7 Å². The number of nitrogens with two attached hydrogens (primary N) is 1. The maximum Gasteiger partial charge on any atom is 0.219 e. The third kappa shape index (κ3) is 3.42. The fourth-order valence-electron chi connectivity index (χ4n) is 3.03. The predicted octanol–water partition coefficient (Wildman–Crippen LogP) is 4.12. The van der Waals surface area contributed by atoms with Crippen molar-refractivity contribution in [1.29, 1.82) is 0 Å². The summed E-state index contributed by atoms with van der Waals surface area (Å²) in [6, 6.07) is 13.4. The van der Waals surface area contributed by atoms with Crippen LogP contribution in [0.15, 0.2) is 48.7 Å². The number of hydrogen-bond donors (Lipinski definition) is 2. The molecule has 0 amide bonds. The molecule has 0 radical (unpaired) electrons. The maximum atomic E-state index is 10.9. The Kier molecular flexibility index (Phi) is 4.93. The average Bonchev–Trinajstić information content (AvgIpc) is 3.13. The number of thiophene rings is 1. The molecule has 3 N–H and O–H groups in total. The van der Waals surface area contributed by atoms with Gasteiger partial charge in [0, 0.05) is 22.2 Å². The van der Waals surface area contributed by atoms with Crippen LogP contribution in [-0.2, 0) is 0 Å². The molecule has 0 aliphatic carbocycles. The number of aliphatic hydroxyl groups excluding tert-OH is 1. The molecule has 1 unspecified atom stereocenters. The number of ether oxygens (including phenoxy) is 1. The van der Waals surface area contributed by atoms with Gasteiger partial charge in [-0.2, -0.15) is 0 Å². The molecular weight excluding hydrogens is 372 g/mol. The summed E-state index contributed by atoms with van der Waals surface area (Å²) < 4.78 is 5.55. The van der Waals surface area contributed by atoms with Crippen molar-refractivity contribution in [3.63, 3.8) is 0 Å². The number of hydrogen-bond acceptors (Lipinski definition) is 7. The van der Waals surface area contributed by atoms with Crippen LogP contribution in [0.4, 0.5) is 5.82 Å². The topological polar surface area (TPSA) is 94.2 Å². The summed E-state index contributed by atoms with van der Waals surface area (Å²) in [6.45, 7) is 4.38. The number of benzene rings is 1. The summed E-state index contributed by atoms with van der Waals surface area (Å²) in [5.74, 6) is 1.40. The predicted molar refractivity (Wildman–Crippen MR) is 111 cm³/mol. The molecule has 0 aliphatic rings. The van der Waals surface area contributed by atoms with E-state index in [2.05, 4.69) is 15.0 Å². The second-order valence-electron chi connectivity index (χ2n) is 6.40. The molecular formula is C21H20N4O2S. The Morgan fingerprint density at radius 3 is 2.82 bits per heavy atom. The average molecular weight is 392 g/mol. The zero-order valence-electron chi connectivity index (χ0n) is 15.6. The second-order valence-corrected chi connectivity index (χ2v) is 7.47. The van der Waals surface area contributed by atoms with Crippen molar-refractivity contribution in [3.8, 4) is 17.3 Å². The van der Waals surface area contributed by atoms with E-state index >= 15 is 0 Å². The summed E-state index contributed by atoms with van der Waals surface area (Å²) in [5, 5.41) is 11.6. The highest BCUT2D eigenvalue weighted by atomic mass is 32.1. The number of aryl methyl sites for hydroxylation is 1. The van der Waals surface area contributed by atoms with Gasteiger partial charge in [0.25, 0.3) is 0 Å². The van der Waals surface area contributed by atoms with Crippen molar-refractivity contribution >= 4 is 27.4 Å². The minimum Gasteiger partial charge on any atom is -0.478 e. The Balaban J connectivity index is 1.77. The van der Waals surface area contributed by atoms with Gasteiger partial charge in [0.2, 0.25) is 5.88 Å². The van der Waals surface area contributed by atoms with Gasteiger partial charge >= 0.3 is 0 Å². The smallest absolute Gasteiger partial charge is 0.219 e. The maximum absolute atomic E-state index is 10.9. The molecule has 6 nitrogen and oxygen atoms in total. The van der Waals surface area contributed by atoms with Gasteiger partial charge in [0.05, 0.1) is 12.0 Å². The van der Waals surface area contributed by atoms with Crippen LogP contribution in [0.25, 0.3) is 21.6 Å². The SMILES string of the molecule is CCOc1ncccc1C(O)c1cc2c(N)nc(-c3cccc(C)c3)nc2s1. The quantitative estimate of drug-likeness (QED) is 0.530. The number of nitrogens with zero attached hydrogens (tertiary/aromatic N) is 3. The van der Waals surface area contributed by atoms with Crippen molar-refractivity contribution in [2.24, 2.45) is 0 Å². The molecule has 0 saturated heterocycles. The van der Waals surface area contributed by atoms with Crippen LogP contribution in [0, 0.1) is 6.92 Å².